The summed E-state index contributed by atoms with van der Waals surface area (Å²) in [5, 5.41) is 3.37. The lowest BCUT2D eigenvalue weighted by Gasteiger charge is -2.23. The maximum atomic E-state index is 10.7. The molecular weight excluding hydrogens is 276 g/mol. The van der Waals surface area contributed by atoms with Crippen LogP contribution in [0.3, 0.4) is 0 Å². The summed E-state index contributed by atoms with van der Waals surface area (Å²) in [6, 6.07) is 8.17. The zero-order valence-corrected chi connectivity index (χ0v) is 11.7. The Morgan fingerprint density at radius 2 is 2.10 bits per heavy atom. The molecule has 1 atom stereocenters. The Bertz CT molecular complexity index is 679. The van der Waals surface area contributed by atoms with Crippen molar-refractivity contribution in [3.8, 4) is 0 Å². The Hall–Kier alpha value is -1.79. The lowest BCUT2D eigenvalue weighted by atomic mass is 9.97. The molecule has 1 aromatic carbocycles. The Kier molecular flexibility index (Phi) is 3.27. The van der Waals surface area contributed by atoms with Crippen LogP contribution in [0, 0.1) is 0 Å². The maximum Gasteiger partial charge on any atom is 0.264 e. The minimum Gasteiger partial charge on any atom is -0.357 e. The highest BCUT2D eigenvalue weighted by Gasteiger charge is 2.27. The Balaban J connectivity index is 1.67. The molecule has 0 spiro atoms. The van der Waals surface area contributed by atoms with Crippen molar-refractivity contribution in [3.63, 3.8) is 0 Å². The van der Waals surface area contributed by atoms with Crippen LogP contribution < -0.4 is 5.32 Å². The number of para-hydroxylation sites is 1. The van der Waals surface area contributed by atoms with Gasteiger partial charge >= 0.3 is 0 Å². The van der Waals surface area contributed by atoms with E-state index in [-0.39, 0.29) is 11.7 Å². The van der Waals surface area contributed by atoms with Gasteiger partial charge < -0.3 is 10.2 Å². The lowest BCUT2D eigenvalue weighted by molar-refractivity contribution is 0.460. The first-order chi connectivity index (χ1) is 9.53. The predicted octanol–water partition coefficient (Wildman–Crippen LogP) is 2.14. The first kappa shape index (κ1) is 13.2. The molecule has 0 aliphatic carbocycles. The SMILES string of the molecule is O=S(=O)(O)CCCN1C=CC2C(=C1)Nc1ccccc12. The van der Waals surface area contributed by atoms with Crippen LogP contribution in [-0.4, -0.2) is 30.2 Å². The van der Waals surface area contributed by atoms with Crippen molar-refractivity contribution in [2.75, 3.05) is 17.6 Å². The molecule has 3 rings (SSSR count). The molecule has 0 radical (unpaired) electrons. The van der Waals surface area contributed by atoms with E-state index in [2.05, 4.69) is 17.5 Å². The van der Waals surface area contributed by atoms with E-state index in [1.807, 2.05) is 35.5 Å². The van der Waals surface area contributed by atoms with Gasteiger partial charge in [0.2, 0.25) is 0 Å². The van der Waals surface area contributed by atoms with E-state index in [1.54, 1.807) is 0 Å². The number of nitrogens with zero attached hydrogens (tertiary/aromatic N) is 1. The van der Waals surface area contributed by atoms with Gasteiger partial charge in [0.1, 0.15) is 0 Å². The second-order valence-electron chi connectivity index (χ2n) is 4.99. The topological polar surface area (TPSA) is 69.6 Å². The molecule has 20 heavy (non-hydrogen) atoms. The molecule has 6 heteroatoms. The fourth-order valence-corrected chi connectivity index (χ4v) is 3.08. The van der Waals surface area contributed by atoms with Crippen molar-refractivity contribution in [1.29, 1.82) is 0 Å². The second kappa shape index (κ2) is 4.96. The van der Waals surface area contributed by atoms with Gasteiger partial charge in [-0.1, -0.05) is 24.3 Å². The van der Waals surface area contributed by atoms with Crippen molar-refractivity contribution in [1.82, 2.24) is 4.90 Å². The van der Waals surface area contributed by atoms with Crippen molar-refractivity contribution >= 4 is 15.8 Å². The molecule has 106 valence electrons. The van der Waals surface area contributed by atoms with Crippen molar-refractivity contribution in [3.05, 3.63) is 54.0 Å². The normalized spacial score (nSPS) is 20.1. The van der Waals surface area contributed by atoms with E-state index in [0.29, 0.717) is 13.0 Å². The van der Waals surface area contributed by atoms with Crippen LogP contribution >= 0.6 is 0 Å². The second-order valence-corrected chi connectivity index (χ2v) is 6.57. The van der Waals surface area contributed by atoms with Crippen molar-refractivity contribution in [2.45, 2.75) is 12.3 Å². The minimum atomic E-state index is -3.87. The van der Waals surface area contributed by atoms with Gasteiger partial charge in [-0.3, -0.25) is 4.55 Å². The molecule has 0 saturated carbocycles. The van der Waals surface area contributed by atoms with Gasteiger partial charge in [-0.2, -0.15) is 8.42 Å². The summed E-state index contributed by atoms with van der Waals surface area (Å²) in [5.41, 5.74) is 3.47. The molecule has 1 aromatic rings. The number of rotatable bonds is 4. The van der Waals surface area contributed by atoms with Crippen LogP contribution in [0.15, 0.2) is 48.4 Å². The number of fused-ring (bicyclic) bond motifs is 3. The molecule has 5 nitrogen and oxygen atoms in total. The standard InChI is InChI=1S/C14H16N2O3S/c17-20(18,19)9-3-7-16-8-6-12-11-4-1-2-5-13(11)15-14(12)10-16/h1-2,4-6,8,10,12,15H,3,7,9H2,(H,17,18,19). The van der Waals surface area contributed by atoms with E-state index in [1.165, 1.54) is 5.56 Å². The van der Waals surface area contributed by atoms with Gasteiger partial charge in [-0.15, -0.1) is 0 Å². The summed E-state index contributed by atoms with van der Waals surface area (Å²) in [4.78, 5) is 1.94. The van der Waals surface area contributed by atoms with E-state index in [9.17, 15) is 8.42 Å². The largest absolute Gasteiger partial charge is 0.357 e. The Morgan fingerprint density at radius 3 is 2.90 bits per heavy atom. The molecule has 2 N–H and O–H groups in total. The fraction of sp³-hybridized carbons (Fsp3) is 0.286. The molecule has 0 bridgehead atoms. The minimum absolute atomic E-state index is 0.211. The van der Waals surface area contributed by atoms with Gasteiger partial charge in [0, 0.05) is 36.2 Å². The molecule has 2 aliphatic heterocycles. The highest BCUT2D eigenvalue weighted by Crippen LogP contribution is 2.40. The Morgan fingerprint density at radius 1 is 1.30 bits per heavy atom. The highest BCUT2D eigenvalue weighted by molar-refractivity contribution is 7.85. The summed E-state index contributed by atoms with van der Waals surface area (Å²) in [6.45, 7) is 0.560. The number of anilines is 1. The van der Waals surface area contributed by atoms with Crippen LogP contribution in [0.2, 0.25) is 0 Å². The molecule has 2 heterocycles. The number of hydrogen-bond acceptors (Lipinski definition) is 4. The average Bonchev–Trinajstić information content (AvgIpc) is 2.74. The third kappa shape index (κ3) is 2.71. The first-order valence-corrected chi connectivity index (χ1v) is 8.11. The number of benzene rings is 1. The van der Waals surface area contributed by atoms with Crippen LogP contribution in [0.4, 0.5) is 5.69 Å². The van der Waals surface area contributed by atoms with Crippen LogP contribution in [0.5, 0.6) is 0 Å². The zero-order chi connectivity index (χ0) is 14.2. The van der Waals surface area contributed by atoms with Gasteiger partial charge in [-0.05, 0) is 18.1 Å². The van der Waals surface area contributed by atoms with Gasteiger partial charge in [0.05, 0.1) is 5.75 Å². The number of nitrogens with one attached hydrogen (secondary N) is 1. The highest BCUT2D eigenvalue weighted by atomic mass is 32.2. The Labute approximate surface area is 118 Å². The van der Waals surface area contributed by atoms with E-state index in [4.69, 9.17) is 4.55 Å². The molecule has 1 unspecified atom stereocenters. The predicted molar refractivity (Wildman–Crippen MR) is 77.8 cm³/mol. The summed E-state index contributed by atoms with van der Waals surface area (Å²) in [6.07, 6.45) is 6.45. The van der Waals surface area contributed by atoms with Gasteiger partial charge in [-0.25, -0.2) is 0 Å². The summed E-state index contributed by atoms with van der Waals surface area (Å²) in [7, 11) is -3.87. The maximum absolute atomic E-state index is 10.7. The smallest absolute Gasteiger partial charge is 0.264 e. The summed E-state index contributed by atoms with van der Waals surface area (Å²) >= 11 is 0. The first-order valence-electron chi connectivity index (χ1n) is 6.50. The van der Waals surface area contributed by atoms with Crippen LogP contribution in [0.1, 0.15) is 17.9 Å². The van der Waals surface area contributed by atoms with Gasteiger partial charge in [0.15, 0.2) is 0 Å². The third-order valence-electron chi connectivity index (χ3n) is 3.50. The number of hydrogen-bond donors (Lipinski definition) is 2. The van der Waals surface area contributed by atoms with Crippen LogP contribution in [-0.2, 0) is 10.1 Å². The monoisotopic (exact) mass is 292 g/mol. The van der Waals surface area contributed by atoms with Crippen molar-refractivity contribution in [2.24, 2.45) is 0 Å². The van der Waals surface area contributed by atoms with E-state index in [0.717, 1.165) is 11.4 Å². The third-order valence-corrected chi connectivity index (χ3v) is 4.31. The molecule has 0 saturated heterocycles. The molecular formula is C14H16N2O3S. The molecule has 0 fully saturated rings. The van der Waals surface area contributed by atoms with E-state index < -0.39 is 10.1 Å². The molecule has 2 aliphatic rings. The lowest BCUT2D eigenvalue weighted by Crippen LogP contribution is -2.20. The zero-order valence-electron chi connectivity index (χ0n) is 10.9. The molecule has 0 amide bonds. The average molecular weight is 292 g/mol. The summed E-state index contributed by atoms with van der Waals surface area (Å²) < 4.78 is 30.1. The van der Waals surface area contributed by atoms with Crippen LogP contribution in [0.25, 0.3) is 0 Å². The van der Waals surface area contributed by atoms with E-state index >= 15 is 0 Å². The number of allylic oxidation sites excluding steroid dienone is 1. The molecule has 0 aromatic heterocycles. The quantitative estimate of drug-likeness (QED) is 0.832. The fourth-order valence-electron chi connectivity index (χ4n) is 2.59. The van der Waals surface area contributed by atoms with Crippen molar-refractivity contribution < 1.29 is 13.0 Å². The van der Waals surface area contributed by atoms with Gasteiger partial charge in [0.25, 0.3) is 10.1 Å². The summed E-state index contributed by atoms with van der Waals surface area (Å²) in [5.74, 6) is 0.0430.